The lowest BCUT2D eigenvalue weighted by Crippen LogP contribution is -2.43. The molecule has 1 aromatic carbocycles. The third kappa shape index (κ3) is 6.46. The van der Waals surface area contributed by atoms with Crippen LogP contribution in [-0.4, -0.2) is 22.0 Å². The van der Waals surface area contributed by atoms with Crippen molar-refractivity contribution in [3.63, 3.8) is 0 Å². The number of urea groups is 1. The van der Waals surface area contributed by atoms with E-state index >= 15 is 0 Å². The summed E-state index contributed by atoms with van der Waals surface area (Å²) in [5, 5.41) is 5.93. The second-order valence-electron chi connectivity index (χ2n) is 5.74. The minimum Gasteiger partial charge on any atom is -0.335 e. The van der Waals surface area contributed by atoms with E-state index in [9.17, 15) is 4.79 Å². The molecule has 2 amide bonds. The number of para-hydroxylation sites is 1. The van der Waals surface area contributed by atoms with Crippen LogP contribution in [0.3, 0.4) is 0 Å². The first-order valence-corrected chi connectivity index (χ1v) is 8.08. The number of carbonyl (C=O) groups is 1. The minimum absolute atomic E-state index is 0.0880. The van der Waals surface area contributed by atoms with Crippen molar-refractivity contribution in [3.8, 4) is 0 Å². The van der Waals surface area contributed by atoms with Crippen LogP contribution in [0.5, 0.6) is 0 Å². The lowest BCUT2D eigenvalue weighted by molar-refractivity contribution is 0.232. The number of hydrogen-bond donors (Lipinski definition) is 2. The van der Waals surface area contributed by atoms with Crippen molar-refractivity contribution >= 4 is 11.7 Å². The maximum absolute atomic E-state index is 11.8. The molecule has 1 aromatic heterocycles. The molecular weight excluding hydrogens is 288 g/mol. The maximum atomic E-state index is 11.8. The Balaban J connectivity index is 0.000000268. The van der Waals surface area contributed by atoms with Crippen LogP contribution in [-0.2, 0) is 0 Å². The number of amides is 2. The van der Waals surface area contributed by atoms with Gasteiger partial charge in [0.1, 0.15) is 6.33 Å². The Hall–Kier alpha value is -2.43. The number of aromatic nitrogens is 2. The Labute approximate surface area is 137 Å². The van der Waals surface area contributed by atoms with Crippen LogP contribution in [0.4, 0.5) is 10.5 Å². The van der Waals surface area contributed by atoms with E-state index < -0.39 is 0 Å². The Bertz CT molecular complexity index is 535. The molecule has 1 fully saturated rings. The SMILES string of the molecule is CC1CCCCC1NC(=O)Nc1ccccc1.c1cncnc1. The van der Waals surface area contributed by atoms with Gasteiger partial charge in [0.15, 0.2) is 0 Å². The zero-order chi connectivity index (χ0) is 16.3. The molecule has 3 rings (SSSR count). The van der Waals surface area contributed by atoms with E-state index in [0.717, 1.165) is 12.1 Å². The van der Waals surface area contributed by atoms with E-state index in [0.29, 0.717) is 12.0 Å². The average Bonchev–Trinajstić information content (AvgIpc) is 2.60. The van der Waals surface area contributed by atoms with Crippen molar-refractivity contribution in [1.29, 1.82) is 0 Å². The lowest BCUT2D eigenvalue weighted by Gasteiger charge is -2.29. The summed E-state index contributed by atoms with van der Waals surface area (Å²) in [6, 6.07) is 11.6. The van der Waals surface area contributed by atoms with E-state index in [1.807, 2.05) is 30.3 Å². The summed E-state index contributed by atoms with van der Waals surface area (Å²) in [7, 11) is 0. The van der Waals surface area contributed by atoms with Gasteiger partial charge < -0.3 is 10.6 Å². The molecule has 2 atom stereocenters. The van der Waals surface area contributed by atoms with Crippen molar-refractivity contribution < 1.29 is 4.79 Å². The van der Waals surface area contributed by atoms with Crippen LogP contribution in [0.1, 0.15) is 32.6 Å². The molecule has 1 aliphatic carbocycles. The third-order valence-electron chi connectivity index (χ3n) is 3.94. The highest BCUT2D eigenvalue weighted by atomic mass is 16.2. The largest absolute Gasteiger partial charge is 0.335 e. The van der Waals surface area contributed by atoms with Gasteiger partial charge in [0.25, 0.3) is 0 Å². The first kappa shape index (κ1) is 16.9. The molecule has 1 heterocycles. The van der Waals surface area contributed by atoms with Crippen LogP contribution in [0, 0.1) is 5.92 Å². The standard InChI is InChI=1S/C14H20N2O.C4H4N2/c1-11-7-5-6-10-13(11)16-14(17)15-12-8-3-2-4-9-12;1-2-5-4-6-3-1/h2-4,8-9,11,13H,5-7,10H2,1H3,(H2,15,16,17);1-4H. The van der Waals surface area contributed by atoms with Gasteiger partial charge in [-0.15, -0.1) is 0 Å². The lowest BCUT2D eigenvalue weighted by atomic mass is 9.86. The molecule has 0 bridgehead atoms. The van der Waals surface area contributed by atoms with Crippen LogP contribution in [0.2, 0.25) is 0 Å². The average molecular weight is 312 g/mol. The Morgan fingerprint density at radius 3 is 2.30 bits per heavy atom. The molecule has 2 aromatic rings. The van der Waals surface area contributed by atoms with Gasteiger partial charge in [-0.25, -0.2) is 14.8 Å². The molecule has 5 heteroatoms. The summed E-state index contributed by atoms with van der Waals surface area (Å²) in [4.78, 5) is 19.2. The Morgan fingerprint density at radius 2 is 1.74 bits per heavy atom. The summed E-state index contributed by atoms with van der Waals surface area (Å²) in [5.41, 5.74) is 0.841. The van der Waals surface area contributed by atoms with E-state index in [-0.39, 0.29) is 6.03 Å². The quantitative estimate of drug-likeness (QED) is 0.884. The Kier molecular flexibility index (Phi) is 7.04. The van der Waals surface area contributed by atoms with Crippen molar-refractivity contribution in [2.45, 2.75) is 38.6 Å². The van der Waals surface area contributed by atoms with Crippen molar-refractivity contribution in [3.05, 3.63) is 55.1 Å². The van der Waals surface area contributed by atoms with Crippen molar-refractivity contribution in [1.82, 2.24) is 15.3 Å². The molecule has 23 heavy (non-hydrogen) atoms. The van der Waals surface area contributed by atoms with Crippen molar-refractivity contribution in [2.75, 3.05) is 5.32 Å². The maximum Gasteiger partial charge on any atom is 0.319 e. The predicted octanol–water partition coefficient (Wildman–Crippen LogP) is 3.86. The molecule has 0 spiro atoms. The topological polar surface area (TPSA) is 66.9 Å². The van der Waals surface area contributed by atoms with Crippen LogP contribution >= 0.6 is 0 Å². The number of rotatable bonds is 2. The fourth-order valence-corrected chi connectivity index (χ4v) is 2.64. The molecule has 2 N–H and O–H groups in total. The number of hydrogen-bond acceptors (Lipinski definition) is 3. The zero-order valence-electron chi connectivity index (χ0n) is 13.5. The molecule has 1 aliphatic rings. The number of anilines is 1. The van der Waals surface area contributed by atoms with Gasteiger partial charge in [-0.05, 0) is 37.0 Å². The number of nitrogens with zero attached hydrogens (tertiary/aromatic N) is 2. The molecule has 1 saturated carbocycles. The first-order chi connectivity index (χ1) is 11.3. The molecule has 2 unspecified atom stereocenters. The Morgan fingerprint density at radius 1 is 1.04 bits per heavy atom. The predicted molar refractivity (Wildman–Crippen MR) is 92.0 cm³/mol. The molecule has 0 aliphatic heterocycles. The summed E-state index contributed by atoms with van der Waals surface area (Å²) < 4.78 is 0. The summed E-state index contributed by atoms with van der Waals surface area (Å²) in [6.45, 7) is 2.21. The van der Waals surface area contributed by atoms with Crippen LogP contribution in [0.25, 0.3) is 0 Å². The van der Waals surface area contributed by atoms with Gasteiger partial charge in [-0.2, -0.15) is 0 Å². The zero-order valence-corrected chi connectivity index (χ0v) is 13.5. The fourth-order valence-electron chi connectivity index (χ4n) is 2.64. The van der Waals surface area contributed by atoms with E-state index in [1.165, 1.54) is 25.6 Å². The number of benzene rings is 1. The molecule has 5 nitrogen and oxygen atoms in total. The number of carbonyl (C=O) groups excluding carboxylic acids is 1. The van der Waals surface area contributed by atoms with Crippen LogP contribution in [0.15, 0.2) is 55.1 Å². The summed E-state index contributed by atoms with van der Waals surface area (Å²) >= 11 is 0. The smallest absolute Gasteiger partial charge is 0.319 e. The molecule has 0 radical (unpaired) electrons. The van der Waals surface area contributed by atoms with Crippen LogP contribution < -0.4 is 10.6 Å². The summed E-state index contributed by atoms with van der Waals surface area (Å²) in [5.74, 6) is 0.588. The van der Waals surface area contributed by atoms with Crippen molar-refractivity contribution in [2.24, 2.45) is 5.92 Å². The number of nitrogens with one attached hydrogen (secondary N) is 2. The highest BCUT2D eigenvalue weighted by Crippen LogP contribution is 2.23. The monoisotopic (exact) mass is 312 g/mol. The van der Waals surface area contributed by atoms with E-state index in [2.05, 4.69) is 27.5 Å². The first-order valence-electron chi connectivity index (χ1n) is 8.08. The highest BCUT2D eigenvalue weighted by molar-refractivity contribution is 5.89. The van der Waals surface area contributed by atoms with E-state index in [4.69, 9.17) is 0 Å². The van der Waals surface area contributed by atoms with Gasteiger partial charge in [0.05, 0.1) is 0 Å². The van der Waals surface area contributed by atoms with Gasteiger partial charge in [0, 0.05) is 24.1 Å². The fraction of sp³-hybridized carbons (Fsp3) is 0.389. The third-order valence-corrected chi connectivity index (χ3v) is 3.94. The van der Waals surface area contributed by atoms with Gasteiger partial charge in [-0.3, -0.25) is 0 Å². The second-order valence-corrected chi connectivity index (χ2v) is 5.74. The molecule has 0 saturated heterocycles. The minimum atomic E-state index is -0.0880. The van der Waals surface area contributed by atoms with Gasteiger partial charge >= 0.3 is 6.03 Å². The van der Waals surface area contributed by atoms with Gasteiger partial charge in [0.2, 0.25) is 0 Å². The van der Waals surface area contributed by atoms with Gasteiger partial charge in [-0.1, -0.05) is 38.0 Å². The second kappa shape index (κ2) is 9.56. The normalized spacial score (nSPS) is 19.9. The summed E-state index contributed by atoms with van der Waals surface area (Å²) in [6.07, 6.45) is 9.71. The van der Waals surface area contributed by atoms with E-state index in [1.54, 1.807) is 18.5 Å². The molecular formula is C18H24N4O. The molecule has 122 valence electrons. The highest BCUT2D eigenvalue weighted by Gasteiger charge is 2.22.